The molecule has 0 unspecified atom stereocenters. The molecule has 0 spiro atoms. The van der Waals surface area contributed by atoms with Crippen LogP contribution in [0, 0.1) is 5.41 Å². The van der Waals surface area contributed by atoms with E-state index in [0.717, 1.165) is 16.7 Å². The number of nitrogens with one attached hydrogen (secondary N) is 1. The summed E-state index contributed by atoms with van der Waals surface area (Å²) in [6, 6.07) is 22.1. The zero-order chi connectivity index (χ0) is 23.4. The smallest absolute Gasteiger partial charge is 0.254 e. The van der Waals surface area contributed by atoms with Gasteiger partial charge in [-0.05, 0) is 41.7 Å². The zero-order valence-electron chi connectivity index (χ0n) is 19.4. The van der Waals surface area contributed by atoms with E-state index in [0.29, 0.717) is 37.3 Å². The van der Waals surface area contributed by atoms with E-state index in [2.05, 4.69) is 40.6 Å². The highest BCUT2D eigenvalue weighted by molar-refractivity contribution is 5.96. The van der Waals surface area contributed by atoms with Crippen molar-refractivity contribution in [3.8, 4) is 11.1 Å². The first-order chi connectivity index (χ1) is 15.9. The van der Waals surface area contributed by atoms with Gasteiger partial charge in [0, 0.05) is 46.0 Å². The Morgan fingerprint density at radius 3 is 2.52 bits per heavy atom. The second-order valence-corrected chi connectivity index (χ2v) is 8.88. The molecule has 4 rings (SSSR count). The molecule has 0 bridgehead atoms. The molecule has 1 fully saturated rings. The first kappa shape index (κ1) is 22.5. The van der Waals surface area contributed by atoms with Crippen LogP contribution in [0.2, 0.25) is 0 Å². The van der Waals surface area contributed by atoms with Crippen molar-refractivity contribution < 1.29 is 9.59 Å². The predicted octanol–water partition coefficient (Wildman–Crippen LogP) is 3.95. The summed E-state index contributed by atoms with van der Waals surface area (Å²) in [4.78, 5) is 34.3. The van der Waals surface area contributed by atoms with E-state index in [1.165, 1.54) is 0 Å². The standard InChI is InChI=1S/C27H30N4O2/c1-28-24-17-23(12-14-29-24)25(32)31-15-13-27(19-31,26(33)30(2)3)18-20-8-7-11-22(16-20)21-9-5-4-6-10-21/h4-12,14,16-17H,13,15,18-19H2,1-3H3,(H,28,29)/t27-/m0/s1. The molecule has 6 nitrogen and oxygen atoms in total. The van der Waals surface area contributed by atoms with Crippen molar-refractivity contribution in [1.82, 2.24) is 14.8 Å². The highest BCUT2D eigenvalue weighted by Crippen LogP contribution is 2.37. The van der Waals surface area contributed by atoms with E-state index >= 15 is 0 Å². The van der Waals surface area contributed by atoms with Gasteiger partial charge in [0.15, 0.2) is 0 Å². The van der Waals surface area contributed by atoms with Crippen molar-refractivity contribution in [2.45, 2.75) is 12.8 Å². The fourth-order valence-corrected chi connectivity index (χ4v) is 4.68. The van der Waals surface area contributed by atoms with Crippen LogP contribution in [-0.2, 0) is 11.2 Å². The Hall–Kier alpha value is -3.67. The van der Waals surface area contributed by atoms with Gasteiger partial charge < -0.3 is 15.1 Å². The van der Waals surface area contributed by atoms with E-state index in [9.17, 15) is 9.59 Å². The fourth-order valence-electron chi connectivity index (χ4n) is 4.68. The molecule has 1 aromatic heterocycles. The molecule has 3 aromatic rings. The molecule has 0 radical (unpaired) electrons. The van der Waals surface area contributed by atoms with E-state index in [-0.39, 0.29) is 11.8 Å². The number of carbonyl (C=O) groups excluding carboxylic acids is 2. The lowest BCUT2D eigenvalue weighted by Gasteiger charge is -2.31. The minimum atomic E-state index is -0.645. The average molecular weight is 443 g/mol. The summed E-state index contributed by atoms with van der Waals surface area (Å²) in [7, 11) is 5.35. The predicted molar refractivity (Wildman–Crippen MR) is 131 cm³/mol. The lowest BCUT2D eigenvalue weighted by Crippen LogP contribution is -2.44. The largest absolute Gasteiger partial charge is 0.373 e. The van der Waals surface area contributed by atoms with Crippen molar-refractivity contribution in [3.63, 3.8) is 0 Å². The molecule has 1 atom stereocenters. The molecule has 1 N–H and O–H groups in total. The summed E-state index contributed by atoms with van der Waals surface area (Å²) in [6.45, 7) is 0.948. The number of carbonyl (C=O) groups is 2. The van der Waals surface area contributed by atoms with Crippen LogP contribution in [0.5, 0.6) is 0 Å². The van der Waals surface area contributed by atoms with Crippen LogP contribution in [0.1, 0.15) is 22.3 Å². The SMILES string of the molecule is CNc1cc(C(=O)N2CC[C@@](Cc3cccc(-c4ccccc4)c3)(C(=O)N(C)C)C2)ccn1. The number of likely N-dealkylation sites (tertiary alicyclic amines) is 1. The third kappa shape index (κ3) is 4.75. The Labute approximate surface area is 195 Å². The number of nitrogens with zero attached hydrogens (tertiary/aromatic N) is 3. The lowest BCUT2D eigenvalue weighted by atomic mass is 9.79. The van der Waals surface area contributed by atoms with Gasteiger partial charge in [-0.3, -0.25) is 9.59 Å². The summed E-state index contributed by atoms with van der Waals surface area (Å²) in [5.74, 6) is 0.641. The van der Waals surface area contributed by atoms with Gasteiger partial charge in [-0.25, -0.2) is 4.98 Å². The van der Waals surface area contributed by atoms with Gasteiger partial charge in [-0.1, -0.05) is 54.6 Å². The van der Waals surface area contributed by atoms with Gasteiger partial charge in [0.25, 0.3) is 5.91 Å². The Balaban J connectivity index is 1.61. The van der Waals surface area contributed by atoms with Crippen LogP contribution < -0.4 is 5.32 Å². The number of pyridine rings is 1. The minimum Gasteiger partial charge on any atom is -0.373 e. The maximum Gasteiger partial charge on any atom is 0.254 e. The number of hydrogen-bond acceptors (Lipinski definition) is 4. The molecule has 1 aliphatic heterocycles. The van der Waals surface area contributed by atoms with Crippen LogP contribution in [-0.4, -0.2) is 60.8 Å². The number of hydrogen-bond donors (Lipinski definition) is 1. The molecule has 1 aliphatic rings. The maximum absolute atomic E-state index is 13.4. The minimum absolute atomic E-state index is 0.0635. The summed E-state index contributed by atoms with van der Waals surface area (Å²) >= 11 is 0. The number of aromatic nitrogens is 1. The number of anilines is 1. The Morgan fingerprint density at radius 1 is 1.03 bits per heavy atom. The van der Waals surface area contributed by atoms with E-state index in [4.69, 9.17) is 0 Å². The van der Waals surface area contributed by atoms with Crippen molar-refractivity contribution in [2.24, 2.45) is 5.41 Å². The van der Waals surface area contributed by atoms with Crippen LogP contribution in [0.4, 0.5) is 5.82 Å². The number of benzene rings is 2. The maximum atomic E-state index is 13.4. The lowest BCUT2D eigenvalue weighted by molar-refractivity contribution is -0.138. The molecular weight excluding hydrogens is 412 g/mol. The van der Waals surface area contributed by atoms with Gasteiger partial charge >= 0.3 is 0 Å². The number of amides is 2. The molecule has 170 valence electrons. The van der Waals surface area contributed by atoms with Crippen LogP contribution in [0.3, 0.4) is 0 Å². The third-order valence-electron chi connectivity index (χ3n) is 6.34. The van der Waals surface area contributed by atoms with E-state index in [1.54, 1.807) is 49.3 Å². The molecule has 6 heteroatoms. The normalized spacial score (nSPS) is 17.6. The molecule has 2 aromatic carbocycles. The summed E-state index contributed by atoms with van der Waals surface area (Å²) in [5, 5.41) is 2.97. The van der Waals surface area contributed by atoms with Gasteiger partial charge in [0.1, 0.15) is 5.82 Å². The molecule has 0 saturated carbocycles. The van der Waals surface area contributed by atoms with Crippen LogP contribution in [0.25, 0.3) is 11.1 Å². The summed E-state index contributed by atoms with van der Waals surface area (Å²) < 4.78 is 0. The second kappa shape index (κ2) is 9.45. The Bertz CT molecular complexity index is 1150. The zero-order valence-corrected chi connectivity index (χ0v) is 19.4. The summed E-state index contributed by atoms with van der Waals surface area (Å²) in [5.41, 5.74) is 3.31. The fraction of sp³-hybridized carbons (Fsp3) is 0.296. The van der Waals surface area contributed by atoms with Crippen LogP contribution in [0.15, 0.2) is 72.9 Å². The van der Waals surface area contributed by atoms with Gasteiger partial charge in [0.05, 0.1) is 5.41 Å². The molecule has 1 saturated heterocycles. The molecule has 0 aliphatic carbocycles. The van der Waals surface area contributed by atoms with E-state index < -0.39 is 5.41 Å². The molecule has 2 amide bonds. The Kier molecular flexibility index (Phi) is 6.45. The highest BCUT2D eigenvalue weighted by Gasteiger charge is 2.46. The molecular formula is C27H30N4O2. The van der Waals surface area contributed by atoms with Crippen LogP contribution >= 0.6 is 0 Å². The number of rotatable bonds is 6. The van der Waals surface area contributed by atoms with Gasteiger partial charge in [-0.15, -0.1) is 0 Å². The monoisotopic (exact) mass is 442 g/mol. The first-order valence-corrected chi connectivity index (χ1v) is 11.2. The summed E-state index contributed by atoms with van der Waals surface area (Å²) in [6.07, 6.45) is 2.85. The van der Waals surface area contributed by atoms with Gasteiger partial charge in [-0.2, -0.15) is 0 Å². The second-order valence-electron chi connectivity index (χ2n) is 8.88. The quantitative estimate of drug-likeness (QED) is 0.628. The van der Waals surface area contributed by atoms with Crippen molar-refractivity contribution in [2.75, 3.05) is 39.5 Å². The third-order valence-corrected chi connectivity index (χ3v) is 6.34. The first-order valence-electron chi connectivity index (χ1n) is 11.2. The average Bonchev–Trinajstić information content (AvgIpc) is 3.28. The highest BCUT2D eigenvalue weighted by atomic mass is 16.2. The van der Waals surface area contributed by atoms with Crippen molar-refractivity contribution in [1.29, 1.82) is 0 Å². The van der Waals surface area contributed by atoms with Gasteiger partial charge in [0.2, 0.25) is 5.91 Å². The Morgan fingerprint density at radius 2 is 1.79 bits per heavy atom. The molecule has 2 heterocycles. The molecule has 33 heavy (non-hydrogen) atoms. The van der Waals surface area contributed by atoms with Crippen molar-refractivity contribution >= 4 is 17.6 Å². The van der Waals surface area contributed by atoms with E-state index in [1.807, 2.05) is 24.3 Å². The van der Waals surface area contributed by atoms with Crippen molar-refractivity contribution in [3.05, 3.63) is 84.1 Å². The topological polar surface area (TPSA) is 65.5 Å².